The van der Waals surface area contributed by atoms with Gasteiger partial charge in [-0.3, -0.25) is 9.98 Å². The highest BCUT2D eigenvalue weighted by Gasteiger charge is 2.21. The van der Waals surface area contributed by atoms with Gasteiger partial charge in [-0.15, -0.1) is 0 Å². The molecule has 0 aromatic carbocycles. The molecule has 0 saturated heterocycles. The van der Waals surface area contributed by atoms with Gasteiger partial charge in [-0.05, 0) is 88.7 Å². The van der Waals surface area contributed by atoms with E-state index >= 15 is 0 Å². The van der Waals surface area contributed by atoms with Crippen LogP contribution < -0.4 is 5.32 Å². The first-order valence-corrected chi connectivity index (χ1v) is 9.52. The van der Waals surface area contributed by atoms with E-state index in [4.69, 9.17) is 0 Å². The van der Waals surface area contributed by atoms with E-state index in [2.05, 4.69) is 40.4 Å². The van der Waals surface area contributed by atoms with Crippen LogP contribution in [0.5, 0.6) is 0 Å². The third kappa shape index (κ3) is 5.99. The van der Waals surface area contributed by atoms with Crippen LogP contribution in [-0.2, 0) is 6.54 Å². The third-order valence-corrected chi connectivity index (χ3v) is 5.15. The fourth-order valence-corrected chi connectivity index (χ4v) is 3.63. The van der Waals surface area contributed by atoms with E-state index in [1.807, 2.05) is 18.5 Å². The molecule has 0 bridgehead atoms. The number of nitrogens with zero attached hydrogens (tertiary/aromatic N) is 3. The lowest BCUT2D eigenvalue weighted by Gasteiger charge is -2.30. The molecule has 132 valence electrons. The number of nitrogens with one attached hydrogen (secondary N) is 1. The highest BCUT2D eigenvalue weighted by Crippen LogP contribution is 2.28. The molecule has 2 aliphatic carbocycles. The maximum atomic E-state index is 4.55. The van der Waals surface area contributed by atoms with Crippen LogP contribution in [0, 0.1) is 11.8 Å². The first kappa shape index (κ1) is 17.6. The fraction of sp³-hybridized carbons (Fsp3) is 0.700. The van der Waals surface area contributed by atoms with Gasteiger partial charge in [0.25, 0.3) is 0 Å². The van der Waals surface area contributed by atoms with Gasteiger partial charge in [0, 0.05) is 25.5 Å². The lowest BCUT2D eigenvalue weighted by molar-refractivity contribution is 0.219. The van der Waals surface area contributed by atoms with Gasteiger partial charge in [-0.1, -0.05) is 0 Å². The Labute approximate surface area is 146 Å². The van der Waals surface area contributed by atoms with Crippen molar-refractivity contribution in [3.63, 3.8) is 0 Å². The van der Waals surface area contributed by atoms with Crippen molar-refractivity contribution in [1.29, 1.82) is 0 Å². The minimum Gasteiger partial charge on any atom is -0.311 e. The summed E-state index contributed by atoms with van der Waals surface area (Å²) in [5.41, 5.74) is 2.30. The Bertz CT molecular complexity index is 528. The van der Waals surface area contributed by atoms with Crippen molar-refractivity contribution in [1.82, 2.24) is 15.2 Å². The Hall–Kier alpha value is -1.26. The Morgan fingerprint density at radius 1 is 1.17 bits per heavy atom. The molecule has 0 unspecified atom stereocenters. The molecule has 1 aromatic heterocycles. The van der Waals surface area contributed by atoms with Gasteiger partial charge < -0.3 is 10.2 Å². The molecule has 0 radical (unpaired) electrons. The van der Waals surface area contributed by atoms with Crippen molar-refractivity contribution in [3.05, 3.63) is 29.6 Å². The van der Waals surface area contributed by atoms with Gasteiger partial charge >= 0.3 is 0 Å². The van der Waals surface area contributed by atoms with Crippen LogP contribution >= 0.6 is 0 Å². The zero-order valence-corrected chi connectivity index (χ0v) is 15.2. The number of pyridine rings is 1. The van der Waals surface area contributed by atoms with Crippen molar-refractivity contribution in [3.8, 4) is 0 Å². The Kier molecular flexibility index (Phi) is 6.38. The second kappa shape index (κ2) is 8.72. The summed E-state index contributed by atoms with van der Waals surface area (Å²) in [5.74, 6) is 1.74. The third-order valence-electron chi connectivity index (χ3n) is 5.15. The highest BCUT2D eigenvalue weighted by molar-refractivity contribution is 5.79. The summed E-state index contributed by atoms with van der Waals surface area (Å²) in [6, 6.07) is 4.79. The van der Waals surface area contributed by atoms with Gasteiger partial charge in [0.1, 0.15) is 0 Å². The van der Waals surface area contributed by atoms with Gasteiger partial charge in [0.15, 0.2) is 0 Å². The quantitative estimate of drug-likeness (QED) is 0.745. The van der Waals surface area contributed by atoms with Gasteiger partial charge in [-0.25, -0.2) is 0 Å². The van der Waals surface area contributed by atoms with Crippen LogP contribution in [0.2, 0.25) is 0 Å². The highest BCUT2D eigenvalue weighted by atomic mass is 15.1. The maximum absolute atomic E-state index is 4.55. The van der Waals surface area contributed by atoms with E-state index in [1.165, 1.54) is 50.6 Å². The molecule has 4 nitrogen and oxygen atoms in total. The molecule has 2 fully saturated rings. The number of aliphatic imine (C=N–C) groups is 1. The number of rotatable bonds is 8. The second-order valence-electron chi connectivity index (χ2n) is 7.87. The Balaban J connectivity index is 1.37. The molecule has 1 heterocycles. The predicted octanol–water partition coefficient (Wildman–Crippen LogP) is 3.12. The molecule has 0 amide bonds. The number of aromatic nitrogens is 1. The molecule has 2 aliphatic rings. The SMILES string of the molecule is CN(C)CC1CCC(CNCc2cc(/C=N/C3CC3)ccn2)CC1. The molecular formula is C20H32N4. The Morgan fingerprint density at radius 3 is 2.62 bits per heavy atom. The fourth-order valence-electron chi connectivity index (χ4n) is 3.63. The summed E-state index contributed by atoms with van der Waals surface area (Å²) < 4.78 is 0. The van der Waals surface area contributed by atoms with Crippen molar-refractivity contribution < 1.29 is 0 Å². The van der Waals surface area contributed by atoms with E-state index < -0.39 is 0 Å². The molecule has 3 rings (SSSR count). The summed E-state index contributed by atoms with van der Waals surface area (Å²) in [6.45, 7) is 3.23. The molecule has 2 saturated carbocycles. The predicted molar refractivity (Wildman–Crippen MR) is 101 cm³/mol. The van der Waals surface area contributed by atoms with Gasteiger partial charge in [0.2, 0.25) is 0 Å². The second-order valence-corrected chi connectivity index (χ2v) is 7.87. The summed E-state index contributed by atoms with van der Waals surface area (Å²) >= 11 is 0. The van der Waals surface area contributed by atoms with Crippen molar-refractivity contribution in [2.45, 2.75) is 51.1 Å². The van der Waals surface area contributed by atoms with Crippen LogP contribution in [0.3, 0.4) is 0 Å². The lowest BCUT2D eigenvalue weighted by atomic mass is 9.82. The van der Waals surface area contributed by atoms with Crippen molar-refractivity contribution in [2.24, 2.45) is 16.8 Å². The Morgan fingerprint density at radius 2 is 1.92 bits per heavy atom. The van der Waals surface area contributed by atoms with E-state index in [0.717, 1.165) is 30.6 Å². The van der Waals surface area contributed by atoms with Crippen LogP contribution in [0.4, 0.5) is 0 Å². The first-order chi connectivity index (χ1) is 11.7. The smallest absolute Gasteiger partial charge is 0.0548 e. The lowest BCUT2D eigenvalue weighted by Crippen LogP contribution is -2.30. The molecule has 0 atom stereocenters. The van der Waals surface area contributed by atoms with E-state index in [-0.39, 0.29) is 0 Å². The molecule has 4 heteroatoms. The molecule has 1 aromatic rings. The first-order valence-electron chi connectivity index (χ1n) is 9.52. The normalized spacial score (nSPS) is 24.8. The van der Waals surface area contributed by atoms with E-state index in [0.29, 0.717) is 6.04 Å². The molecule has 1 N–H and O–H groups in total. The minimum atomic E-state index is 0.586. The molecule has 24 heavy (non-hydrogen) atoms. The minimum absolute atomic E-state index is 0.586. The largest absolute Gasteiger partial charge is 0.311 e. The number of hydrogen-bond acceptors (Lipinski definition) is 4. The summed E-state index contributed by atoms with van der Waals surface area (Å²) in [6.07, 6.45) is 11.9. The monoisotopic (exact) mass is 328 g/mol. The summed E-state index contributed by atoms with van der Waals surface area (Å²) in [7, 11) is 4.37. The van der Waals surface area contributed by atoms with Crippen LogP contribution in [0.25, 0.3) is 0 Å². The molecule has 0 spiro atoms. The van der Waals surface area contributed by atoms with Gasteiger partial charge in [0.05, 0.1) is 11.7 Å². The average Bonchev–Trinajstić information content (AvgIpc) is 3.39. The maximum Gasteiger partial charge on any atom is 0.0548 e. The topological polar surface area (TPSA) is 40.5 Å². The zero-order valence-electron chi connectivity index (χ0n) is 15.2. The van der Waals surface area contributed by atoms with Gasteiger partial charge in [-0.2, -0.15) is 0 Å². The summed E-state index contributed by atoms with van der Waals surface area (Å²) in [5, 5.41) is 3.61. The van der Waals surface area contributed by atoms with E-state index in [1.54, 1.807) is 0 Å². The summed E-state index contributed by atoms with van der Waals surface area (Å²) in [4.78, 5) is 11.4. The molecule has 0 aliphatic heterocycles. The van der Waals surface area contributed by atoms with Crippen LogP contribution in [-0.4, -0.2) is 49.3 Å². The number of hydrogen-bond donors (Lipinski definition) is 1. The van der Waals surface area contributed by atoms with Crippen LogP contribution in [0.1, 0.15) is 49.8 Å². The van der Waals surface area contributed by atoms with Crippen molar-refractivity contribution in [2.75, 3.05) is 27.2 Å². The van der Waals surface area contributed by atoms with E-state index in [9.17, 15) is 0 Å². The standard InChI is InChI=1S/C20H32N4/c1-24(2)15-17-5-3-16(4-6-17)12-21-14-20-11-18(9-10-22-20)13-23-19-7-8-19/h9-11,13,16-17,19,21H,3-8,12,14-15H2,1-2H3/b23-13+. The van der Waals surface area contributed by atoms with Crippen LogP contribution in [0.15, 0.2) is 23.3 Å². The zero-order chi connectivity index (χ0) is 16.8. The average molecular weight is 329 g/mol. The molecular weight excluding hydrogens is 296 g/mol. The van der Waals surface area contributed by atoms with Crippen molar-refractivity contribution >= 4 is 6.21 Å².